The number of nitrogen functional groups attached to an aromatic ring is 1. The van der Waals surface area contributed by atoms with Crippen molar-refractivity contribution in [1.29, 1.82) is 0 Å². The number of aromatic carboxylic acids is 1. The standard InChI is InChI=1S/C14H15N3O3/c1-8-7-9(20-2)3-4-11(8)17-13-12(15)10(14(18)19)5-6-16-13/h3-7H,15H2,1-2H3,(H,16,17)(H,18,19). The van der Waals surface area contributed by atoms with Crippen molar-refractivity contribution in [3.63, 3.8) is 0 Å². The average molecular weight is 273 g/mol. The van der Waals surface area contributed by atoms with E-state index in [4.69, 9.17) is 15.6 Å². The Bertz CT molecular complexity index is 656. The molecule has 20 heavy (non-hydrogen) atoms. The van der Waals surface area contributed by atoms with E-state index in [1.165, 1.54) is 12.3 Å². The maximum atomic E-state index is 11.0. The van der Waals surface area contributed by atoms with Crippen LogP contribution in [0.4, 0.5) is 17.2 Å². The summed E-state index contributed by atoms with van der Waals surface area (Å²) in [6.07, 6.45) is 1.40. The van der Waals surface area contributed by atoms with Gasteiger partial charge >= 0.3 is 5.97 Å². The normalized spacial score (nSPS) is 10.1. The van der Waals surface area contributed by atoms with E-state index in [1.807, 2.05) is 19.1 Å². The summed E-state index contributed by atoms with van der Waals surface area (Å²) >= 11 is 0. The average Bonchev–Trinajstić information content (AvgIpc) is 2.42. The molecule has 6 nitrogen and oxygen atoms in total. The van der Waals surface area contributed by atoms with E-state index in [0.717, 1.165) is 17.0 Å². The second-order valence-electron chi connectivity index (χ2n) is 4.23. The highest BCUT2D eigenvalue weighted by Crippen LogP contribution is 2.27. The molecule has 2 aromatic rings. The Labute approximate surface area is 116 Å². The van der Waals surface area contributed by atoms with Crippen molar-refractivity contribution < 1.29 is 14.6 Å². The molecule has 104 valence electrons. The minimum Gasteiger partial charge on any atom is -0.497 e. The molecule has 1 aromatic carbocycles. The van der Waals surface area contributed by atoms with Gasteiger partial charge in [-0.05, 0) is 36.8 Å². The number of hydrogen-bond donors (Lipinski definition) is 3. The minimum absolute atomic E-state index is 0.0219. The first-order valence-electron chi connectivity index (χ1n) is 5.92. The van der Waals surface area contributed by atoms with Gasteiger partial charge in [0, 0.05) is 11.9 Å². The third-order valence-corrected chi connectivity index (χ3v) is 2.91. The third-order valence-electron chi connectivity index (χ3n) is 2.91. The topological polar surface area (TPSA) is 97.5 Å². The number of methoxy groups -OCH3 is 1. The molecule has 0 aliphatic carbocycles. The summed E-state index contributed by atoms with van der Waals surface area (Å²) in [6.45, 7) is 1.90. The molecule has 0 unspecified atom stereocenters. The number of nitrogens with one attached hydrogen (secondary N) is 1. The van der Waals surface area contributed by atoms with Crippen molar-refractivity contribution in [2.24, 2.45) is 0 Å². The Kier molecular flexibility index (Phi) is 3.74. The van der Waals surface area contributed by atoms with E-state index < -0.39 is 5.97 Å². The number of anilines is 3. The van der Waals surface area contributed by atoms with Crippen LogP contribution in [-0.4, -0.2) is 23.2 Å². The zero-order valence-electron chi connectivity index (χ0n) is 11.2. The van der Waals surface area contributed by atoms with Gasteiger partial charge < -0.3 is 20.9 Å². The second-order valence-corrected chi connectivity index (χ2v) is 4.23. The number of ether oxygens (including phenoxy) is 1. The van der Waals surface area contributed by atoms with E-state index in [0.29, 0.717) is 5.82 Å². The number of rotatable bonds is 4. The van der Waals surface area contributed by atoms with Crippen LogP contribution in [0.5, 0.6) is 5.75 Å². The Balaban J connectivity index is 2.35. The Morgan fingerprint density at radius 1 is 1.40 bits per heavy atom. The SMILES string of the molecule is COc1ccc(Nc2nccc(C(=O)O)c2N)c(C)c1. The van der Waals surface area contributed by atoms with Crippen molar-refractivity contribution in [2.45, 2.75) is 6.92 Å². The van der Waals surface area contributed by atoms with Gasteiger partial charge in [-0.15, -0.1) is 0 Å². The van der Waals surface area contributed by atoms with Gasteiger partial charge in [0.1, 0.15) is 5.75 Å². The maximum Gasteiger partial charge on any atom is 0.337 e. The number of pyridine rings is 1. The number of nitrogens with zero attached hydrogens (tertiary/aromatic N) is 1. The highest BCUT2D eigenvalue weighted by atomic mass is 16.5. The smallest absolute Gasteiger partial charge is 0.337 e. The van der Waals surface area contributed by atoms with E-state index in [1.54, 1.807) is 13.2 Å². The van der Waals surface area contributed by atoms with Crippen molar-refractivity contribution >= 4 is 23.2 Å². The van der Waals surface area contributed by atoms with Gasteiger partial charge in [-0.1, -0.05) is 0 Å². The van der Waals surface area contributed by atoms with Crippen molar-refractivity contribution in [2.75, 3.05) is 18.2 Å². The first-order chi connectivity index (χ1) is 9.52. The number of carboxylic acids is 1. The summed E-state index contributed by atoms with van der Waals surface area (Å²) in [5.74, 6) is -0.0224. The molecule has 0 saturated carbocycles. The highest BCUT2D eigenvalue weighted by Gasteiger charge is 2.13. The fraction of sp³-hybridized carbons (Fsp3) is 0.143. The molecule has 6 heteroatoms. The van der Waals surface area contributed by atoms with Crippen LogP contribution in [0, 0.1) is 6.92 Å². The van der Waals surface area contributed by atoms with Crippen LogP contribution >= 0.6 is 0 Å². The van der Waals surface area contributed by atoms with Crippen LogP contribution in [-0.2, 0) is 0 Å². The van der Waals surface area contributed by atoms with Gasteiger partial charge in [0.05, 0.1) is 18.4 Å². The highest BCUT2D eigenvalue weighted by molar-refractivity contribution is 5.96. The van der Waals surface area contributed by atoms with E-state index in [2.05, 4.69) is 10.3 Å². The van der Waals surface area contributed by atoms with Gasteiger partial charge in [0.25, 0.3) is 0 Å². The van der Waals surface area contributed by atoms with E-state index >= 15 is 0 Å². The molecule has 0 aliphatic rings. The molecule has 1 aromatic heterocycles. The largest absolute Gasteiger partial charge is 0.497 e. The van der Waals surface area contributed by atoms with Gasteiger partial charge in [0.15, 0.2) is 5.82 Å². The number of carboxylic acid groups (broad SMARTS) is 1. The monoisotopic (exact) mass is 273 g/mol. The van der Waals surface area contributed by atoms with E-state index in [9.17, 15) is 4.79 Å². The lowest BCUT2D eigenvalue weighted by atomic mass is 10.1. The predicted octanol–water partition coefficient (Wildman–Crippen LogP) is 2.42. The molecule has 2 rings (SSSR count). The predicted molar refractivity (Wildman–Crippen MR) is 76.6 cm³/mol. The number of carbonyl (C=O) groups is 1. The quantitative estimate of drug-likeness (QED) is 0.791. The number of benzene rings is 1. The zero-order valence-corrected chi connectivity index (χ0v) is 11.2. The molecular weight excluding hydrogens is 258 g/mol. The summed E-state index contributed by atoms with van der Waals surface area (Å²) in [7, 11) is 1.59. The van der Waals surface area contributed by atoms with Gasteiger partial charge in [-0.25, -0.2) is 9.78 Å². The molecule has 0 bridgehead atoms. The van der Waals surface area contributed by atoms with Crippen molar-refractivity contribution in [3.8, 4) is 5.75 Å². The number of aryl methyl sites for hydroxylation is 1. The molecular formula is C14H15N3O3. The van der Waals surface area contributed by atoms with Crippen LogP contribution in [0.3, 0.4) is 0 Å². The summed E-state index contributed by atoms with van der Waals surface area (Å²) in [6, 6.07) is 6.85. The molecule has 0 atom stereocenters. The van der Waals surface area contributed by atoms with Gasteiger partial charge in [-0.3, -0.25) is 0 Å². The number of hydrogen-bond acceptors (Lipinski definition) is 5. The van der Waals surface area contributed by atoms with Gasteiger partial charge in [-0.2, -0.15) is 0 Å². The molecule has 0 amide bonds. The minimum atomic E-state index is -1.08. The fourth-order valence-electron chi connectivity index (χ4n) is 1.79. The fourth-order valence-corrected chi connectivity index (χ4v) is 1.79. The lowest BCUT2D eigenvalue weighted by Crippen LogP contribution is -2.07. The van der Waals surface area contributed by atoms with Crippen molar-refractivity contribution in [1.82, 2.24) is 4.98 Å². The molecule has 1 heterocycles. The molecule has 0 saturated heterocycles. The van der Waals surface area contributed by atoms with Crippen LogP contribution in [0.2, 0.25) is 0 Å². The Hall–Kier alpha value is -2.76. The molecule has 0 fully saturated rings. The summed E-state index contributed by atoms with van der Waals surface area (Å²) in [5, 5.41) is 12.1. The van der Waals surface area contributed by atoms with E-state index in [-0.39, 0.29) is 11.3 Å². The second kappa shape index (κ2) is 5.48. The first-order valence-corrected chi connectivity index (χ1v) is 5.92. The first kappa shape index (κ1) is 13.7. The lowest BCUT2D eigenvalue weighted by Gasteiger charge is -2.12. The molecule has 0 radical (unpaired) electrons. The third kappa shape index (κ3) is 2.64. The van der Waals surface area contributed by atoms with Crippen LogP contribution < -0.4 is 15.8 Å². The zero-order chi connectivity index (χ0) is 14.7. The number of aromatic nitrogens is 1. The van der Waals surface area contributed by atoms with Crippen molar-refractivity contribution in [3.05, 3.63) is 41.6 Å². The molecule has 4 N–H and O–H groups in total. The lowest BCUT2D eigenvalue weighted by molar-refractivity contribution is 0.0698. The maximum absolute atomic E-state index is 11.0. The molecule has 0 aliphatic heterocycles. The molecule has 0 spiro atoms. The summed E-state index contributed by atoms with van der Waals surface area (Å²) in [5.41, 5.74) is 7.66. The Morgan fingerprint density at radius 2 is 2.15 bits per heavy atom. The van der Waals surface area contributed by atoms with Crippen LogP contribution in [0.25, 0.3) is 0 Å². The van der Waals surface area contributed by atoms with Crippen LogP contribution in [0.15, 0.2) is 30.5 Å². The summed E-state index contributed by atoms with van der Waals surface area (Å²) in [4.78, 5) is 15.1. The summed E-state index contributed by atoms with van der Waals surface area (Å²) < 4.78 is 5.13. The van der Waals surface area contributed by atoms with Gasteiger partial charge in [0.2, 0.25) is 0 Å². The Morgan fingerprint density at radius 3 is 2.75 bits per heavy atom. The van der Waals surface area contributed by atoms with Crippen LogP contribution in [0.1, 0.15) is 15.9 Å². The number of nitrogens with two attached hydrogens (primary N) is 1.